The van der Waals surface area contributed by atoms with Gasteiger partial charge in [0, 0.05) is 13.3 Å². The lowest BCUT2D eigenvalue weighted by Crippen LogP contribution is -2.27. The highest BCUT2D eigenvalue weighted by atomic mass is 16.5. The third-order valence-electron chi connectivity index (χ3n) is 2.97. The van der Waals surface area contributed by atoms with Crippen molar-refractivity contribution in [3.05, 3.63) is 64.1 Å². The highest BCUT2D eigenvalue weighted by Crippen LogP contribution is 2.07. The summed E-state index contributed by atoms with van der Waals surface area (Å²) in [5, 5.41) is 2.58. The van der Waals surface area contributed by atoms with Crippen LogP contribution in [0.3, 0.4) is 0 Å². The van der Waals surface area contributed by atoms with E-state index in [2.05, 4.69) is 5.32 Å². The molecule has 0 spiro atoms. The number of hydrogen-bond donors (Lipinski definition) is 1. The summed E-state index contributed by atoms with van der Waals surface area (Å²) in [5.74, 6) is -0.341. The van der Waals surface area contributed by atoms with Gasteiger partial charge in [0.2, 0.25) is 5.91 Å². The Hall–Kier alpha value is -2.40. The zero-order valence-electron chi connectivity index (χ0n) is 12.1. The number of carbonyl (C=O) groups excluding carboxylic acids is 1. The Balaban J connectivity index is 2.28. The van der Waals surface area contributed by atoms with E-state index in [-0.39, 0.29) is 23.8 Å². The lowest BCUT2D eigenvalue weighted by molar-refractivity contribution is -0.119. The van der Waals surface area contributed by atoms with Gasteiger partial charge >= 0.3 is 0 Å². The number of methoxy groups -OCH3 is 1. The van der Waals surface area contributed by atoms with Gasteiger partial charge in [-0.1, -0.05) is 30.3 Å². The maximum absolute atomic E-state index is 12.4. The van der Waals surface area contributed by atoms with Gasteiger partial charge in [-0.2, -0.15) is 0 Å². The molecule has 0 saturated heterocycles. The lowest BCUT2D eigenvalue weighted by atomic mass is 10.2. The largest absolute Gasteiger partial charge is 0.375 e. The summed E-state index contributed by atoms with van der Waals surface area (Å²) in [5.41, 5.74) is 1.97. The van der Waals surface area contributed by atoms with Crippen molar-refractivity contribution < 1.29 is 9.53 Å². The van der Waals surface area contributed by atoms with Crippen LogP contribution in [-0.2, 0) is 16.1 Å². The maximum Gasteiger partial charge on any atom is 0.274 e. The van der Waals surface area contributed by atoms with E-state index in [0.717, 1.165) is 11.1 Å². The fourth-order valence-corrected chi connectivity index (χ4v) is 2.09. The van der Waals surface area contributed by atoms with E-state index in [1.165, 1.54) is 7.11 Å². The summed E-state index contributed by atoms with van der Waals surface area (Å²) >= 11 is 0. The van der Waals surface area contributed by atoms with Gasteiger partial charge in [-0.3, -0.25) is 9.59 Å². The smallest absolute Gasteiger partial charge is 0.274 e. The number of carbonyl (C=O) groups is 1. The van der Waals surface area contributed by atoms with Crippen LogP contribution >= 0.6 is 0 Å². The first-order valence-electron chi connectivity index (χ1n) is 6.64. The number of benzene rings is 1. The normalized spacial score (nSPS) is 10.4. The number of aromatic nitrogens is 1. The van der Waals surface area contributed by atoms with Crippen LogP contribution in [0, 0.1) is 6.92 Å². The predicted molar refractivity (Wildman–Crippen MR) is 81.5 cm³/mol. The standard InChI is InChI=1S/C16H18N2O3/c1-12-8-14(17-15(19)11-21-2)16(20)18(9-12)10-13-6-4-3-5-7-13/h3-9H,10-11H2,1-2H3,(H,17,19). The minimum Gasteiger partial charge on any atom is -0.375 e. The quantitative estimate of drug-likeness (QED) is 0.911. The predicted octanol–water partition coefficient (Wildman–Crippen LogP) is 1.79. The number of ether oxygens (including phenoxy) is 1. The average Bonchev–Trinajstić information content (AvgIpc) is 2.45. The zero-order chi connectivity index (χ0) is 15.2. The van der Waals surface area contributed by atoms with Gasteiger partial charge in [0.25, 0.3) is 5.56 Å². The van der Waals surface area contributed by atoms with Crippen LogP contribution in [-0.4, -0.2) is 24.2 Å². The third kappa shape index (κ3) is 4.03. The topological polar surface area (TPSA) is 60.3 Å². The first kappa shape index (κ1) is 15.0. The molecule has 1 N–H and O–H groups in total. The average molecular weight is 286 g/mol. The SMILES string of the molecule is COCC(=O)Nc1cc(C)cn(Cc2ccccc2)c1=O. The van der Waals surface area contributed by atoms with Crippen LogP contribution in [0.2, 0.25) is 0 Å². The summed E-state index contributed by atoms with van der Waals surface area (Å²) in [6.45, 7) is 2.27. The summed E-state index contributed by atoms with van der Waals surface area (Å²) in [7, 11) is 1.43. The Kier molecular flexibility index (Phi) is 4.90. The van der Waals surface area contributed by atoms with Gasteiger partial charge in [0.05, 0.1) is 6.54 Å². The van der Waals surface area contributed by atoms with E-state index in [0.29, 0.717) is 6.54 Å². The minimum absolute atomic E-state index is 0.0773. The first-order chi connectivity index (χ1) is 10.1. The molecule has 0 bridgehead atoms. The number of anilines is 1. The molecular weight excluding hydrogens is 268 g/mol. The molecule has 0 aliphatic heterocycles. The van der Waals surface area contributed by atoms with E-state index in [9.17, 15) is 9.59 Å². The van der Waals surface area contributed by atoms with Crippen LogP contribution < -0.4 is 10.9 Å². The highest BCUT2D eigenvalue weighted by molar-refractivity contribution is 5.91. The summed E-state index contributed by atoms with van der Waals surface area (Å²) in [6.07, 6.45) is 1.78. The molecule has 110 valence electrons. The van der Waals surface area contributed by atoms with Gasteiger partial charge < -0.3 is 14.6 Å². The van der Waals surface area contributed by atoms with Crippen molar-refractivity contribution in [3.8, 4) is 0 Å². The molecule has 1 aromatic carbocycles. The van der Waals surface area contributed by atoms with Gasteiger partial charge in [-0.05, 0) is 24.1 Å². The molecule has 2 rings (SSSR count). The Bertz CT molecular complexity index is 678. The number of rotatable bonds is 5. The third-order valence-corrected chi connectivity index (χ3v) is 2.97. The molecule has 0 radical (unpaired) electrons. The molecular formula is C16H18N2O3. The van der Waals surface area contributed by atoms with Gasteiger partial charge in [-0.25, -0.2) is 0 Å². The van der Waals surface area contributed by atoms with Crippen molar-refractivity contribution in [1.29, 1.82) is 0 Å². The molecule has 21 heavy (non-hydrogen) atoms. The van der Waals surface area contributed by atoms with Gasteiger partial charge in [0.1, 0.15) is 12.3 Å². The molecule has 0 fully saturated rings. The van der Waals surface area contributed by atoms with E-state index >= 15 is 0 Å². The number of amides is 1. The Labute approximate surface area is 123 Å². The van der Waals surface area contributed by atoms with Crippen molar-refractivity contribution in [1.82, 2.24) is 4.57 Å². The molecule has 5 heteroatoms. The number of aryl methyl sites for hydroxylation is 1. The van der Waals surface area contributed by atoms with E-state index in [1.807, 2.05) is 37.3 Å². The summed E-state index contributed by atoms with van der Waals surface area (Å²) in [6, 6.07) is 11.4. The van der Waals surface area contributed by atoms with Crippen molar-refractivity contribution in [3.63, 3.8) is 0 Å². The van der Waals surface area contributed by atoms with Crippen molar-refractivity contribution >= 4 is 11.6 Å². The van der Waals surface area contributed by atoms with Gasteiger partial charge in [-0.15, -0.1) is 0 Å². The monoisotopic (exact) mass is 286 g/mol. The molecule has 0 aliphatic rings. The van der Waals surface area contributed by atoms with Crippen LogP contribution in [0.25, 0.3) is 0 Å². The number of hydrogen-bond acceptors (Lipinski definition) is 3. The molecule has 1 amide bonds. The van der Waals surface area contributed by atoms with E-state index in [4.69, 9.17) is 4.74 Å². The van der Waals surface area contributed by atoms with Crippen molar-refractivity contribution in [2.75, 3.05) is 19.0 Å². The van der Waals surface area contributed by atoms with E-state index in [1.54, 1.807) is 16.8 Å². The molecule has 0 atom stereocenters. The first-order valence-corrected chi connectivity index (χ1v) is 6.64. The lowest BCUT2D eigenvalue weighted by Gasteiger charge is -2.11. The summed E-state index contributed by atoms with van der Waals surface area (Å²) in [4.78, 5) is 23.9. The number of nitrogens with zero attached hydrogens (tertiary/aromatic N) is 1. The summed E-state index contributed by atoms with van der Waals surface area (Å²) < 4.78 is 6.34. The second kappa shape index (κ2) is 6.85. The van der Waals surface area contributed by atoms with Crippen molar-refractivity contribution in [2.24, 2.45) is 0 Å². The molecule has 0 unspecified atom stereocenters. The number of pyridine rings is 1. The fraction of sp³-hybridized carbons (Fsp3) is 0.250. The van der Waals surface area contributed by atoms with Crippen LogP contribution in [0.15, 0.2) is 47.4 Å². The second-order valence-electron chi connectivity index (χ2n) is 4.83. The molecule has 0 saturated carbocycles. The Morgan fingerprint density at radius 2 is 2.00 bits per heavy atom. The Morgan fingerprint density at radius 3 is 2.67 bits per heavy atom. The zero-order valence-corrected chi connectivity index (χ0v) is 12.1. The maximum atomic E-state index is 12.4. The molecule has 2 aromatic rings. The van der Waals surface area contributed by atoms with Gasteiger partial charge in [0.15, 0.2) is 0 Å². The molecule has 1 aromatic heterocycles. The van der Waals surface area contributed by atoms with Crippen LogP contribution in [0.5, 0.6) is 0 Å². The van der Waals surface area contributed by atoms with E-state index < -0.39 is 0 Å². The van der Waals surface area contributed by atoms with Crippen molar-refractivity contribution in [2.45, 2.75) is 13.5 Å². The molecule has 1 heterocycles. The molecule has 0 aliphatic carbocycles. The van der Waals surface area contributed by atoms with Crippen LogP contribution in [0.4, 0.5) is 5.69 Å². The number of nitrogens with one attached hydrogen (secondary N) is 1. The highest BCUT2D eigenvalue weighted by Gasteiger charge is 2.09. The minimum atomic E-state index is -0.341. The second-order valence-corrected chi connectivity index (χ2v) is 4.83. The fourth-order valence-electron chi connectivity index (χ4n) is 2.09. The van der Waals surface area contributed by atoms with Crippen LogP contribution in [0.1, 0.15) is 11.1 Å². The molecule has 5 nitrogen and oxygen atoms in total. The Morgan fingerprint density at radius 1 is 1.29 bits per heavy atom.